The van der Waals surface area contributed by atoms with Gasteiger partial charge in [-0.1, -0.05) is 35.3 Å². The number of nitrogens with zero attached hydrogens (tertiary/aromatic N) is 2. The maximum atomic E-state index is 6.12. The van der Waals surface area contributed by atoms with Gasteiger partial charge >= 0.3 is 0 Å². The topological polar surface area (TPSA) is 51.8 Å². The number of halogens is 2. The molecule has 0 aliphatic carbocycles. The molecule has 16 heavy (non-hydrogen) atoms. The van der Waals surface area contributed by atoms with Gasteiger partial charge in [-0.2, -0.15) is 0 Å². The van der Waals surface area contributed by atoms with Crippen molar-refractivity contribution in [3.05, 3.63) is 40.0 Å². The van der Waals surface area contributed by atoms with Gasteiger partial charge in [0.1, 0.15) is 0 Å². The molecule has 0 aliphatic rings. The molecular formula is C11H9Cl2N3. The van der Waals surface area contributed by atoms with Crippen molar-refractivity contribution in [2.45, 2.75) is 6.92 Å². The summed E-state index contributed by atoms with van der Waals surface area (Å²) in [5.41, 5.74) is 7.93. The van der Waals surface area contributed by atoms with Crippen molar-refractivity contribution in [1.82, 2.24) is 9.97 Å². The maximum absolute atomic E-state index is 6.12. The molecule has 2 aromatic rings. The van der Waals surface area contributed by atoms with Crippen LogP contribution in [-0.4, -0.2) is 9.97 Å². The van der Waals surface area contributed by atoms with Crippen LogP contribution in [0.2, 0.25) is 10.0 Å². The molecule has 5 heteroatoms. The van der Waals surface area contributed by atoms with Gasteiger partial charge in [-0.25, -0.2) is 9.97 Å². The number of benzene rings is 1. The van der Waals surface area contributed by atoms with E-state index in [2.05, 4.69) is 9.97 Å². The second-order valence-electron chi connectivity index (χ2n) is 3.36. The quantitative estimate of drug-likeness (QED) is 0.849. The van der Waals surface area contributed by atoms with Gasteiger partial charge in [-0.3, -0.25) is 0 Å². The number of anilines is 1. The third-order valence-electron chi connectivity index (χ3n) is 2.20. The van der Waals surface area contributed by atoms with Crippen molar-refractivity contribution in [3.8, 4) is 11.3 Å². The summed E-state index contributed by atoms with van der Waals surface area (Å²) in [6.45, 7) is 1.89. The molecule has 0 unspecified atom stereocenters. The third kappa shape index (κ3) is 1.96. The minimum atomic E-state index is 0.219. The first kappa shape index (κ1) is 11.2. The number of aryl methyl sites for hydroxylation is 1. The highest BCUT2D eigenvalue weighted by Crippen LogP contribution is 2.33. The monoisotopic (exact) mass is 253 g/mol. The van der Waals surface area contributed by atoms with Gasteiger partial charge in [-0.15, -0.1) is 0 Å². The molecule has 0 spiro atoms. The predicted octanol–water partition coefficient (Wildman–Crippen LogP) is 3.34. The van der Waals surface area contributed by atoms with Crippen molar-refractivity contribution < 1.29 is 0 Å². The third-order valence-corrected chi connectivity index (χ3v) is 3.02. The Hall–Kier alpha value is -1.32. The molecule has 2 rings (SSSR count). The molecule has 0 radical (unpaired) electrons. The molecule has 0 saturated heterocycles. The molecular weight excluding hydrogens is 245 g/mol. The Morgan fingerprint density at radius 3 is 2.75 bits per heavy atom. The van der Waals surface area contributed by atoms with E-state index in [9.17, 15) is 0 Å². The Morgan fingerprint density at radius 1 is 1.25 bits per heavy atom. The Bertz CT molecular complexity index is 541. The van der Waals surface area contributed by atoms with E-state index in [4.69, 9.17) is 28.9 Å². The fourth-order valence-electron chi connectivity index (χ4n) is 1.42. The van der Waals surface area contributed by atoms with Crippen LogP contribution in [0.15, 0.2) is 24.4 Å². The summed E-state index contributed by atoms with van der Waals surface area (Å²) in [6.07, 6.45) is 1.66. The molecule has 0 saturated carbocycles. The second kappa shape index (κ2) is 4.28. The van der Waals surface area contributed by atoms with Crippen molar-refractivity contribution in [1.29, 1.82) is 0 Å². The SMILES string of the molecule is Cc1cnc(N)nc1-c1cccc(Cl)c1Cl. The first-order chi connectivity index (χ1) is 7.59. The van der Waals surface area contributed by atoms with Gasteiger partial charge in [0.2, 0.25) is 5.95 Å². The lowest BCUT2D eigenvalue weighted by molar-refractivity contribution is 1.15. The zero-order valence-electron chi connectivity index (χ0n) is 8.54. The van der Waals surface area contributed by atoms with Crippen LogP contribution in [0.3, 0.4) is 0 Å². The summed E-state index contributed by atoms with van der Waals surface area (Å²) in [5.74, 6) is 0.219. The van der Waals surface area contributed by atoms with Crippen LogP contribution in [0.4, 0.5) is 5.95 Å². The maximum Gasteiger partial charge on any atom is 0.220 e. The number of aromatic nitrogens is 2. The summed E-state index contributed by atoms with van der Waals surface area (Å²) in [7, 11) is 0. The standard InChI is InChI=1S/C11H9Cl2N3/c1-6-5-15-11(14)16-10(6)7-3-2-4-8(12)9(7)13/h2-5H,1H3,(H2,14,15,16). The van der Waals surface area contributed by atoms with Gasteiger partial charge in [-0.05, 0) is 18.6 Å². The molecule has 82 valence electrons. The van der Waals surface area contributed by atoms with Crippen LogP contribution in [0, 0.1) is 6.92 Å². The molecule has 0 atom stereocenters. The Labute approximate surface area is 103 Å². The van der Waals surface area contributed by atoms with E-state index in [1.165, 1.54) is 0 Å². The normalized spacial score (nSPS) is 10.4. The van der Waals surface area contributed by atoms with Crippen LogP contribution in [0.25, 0.3) is 11.3 Å². The number of nitrogen functional groups attached to an aromatic ring is 1. The van der Waals surface area contributed by atoms with Gasteiger partial charge < -0.3 is 5.73 Å². The van der Waals surface area contributed by atoms with Gasteiger partial charge in [0, 0.05) is 11.8 Å². The average molecular weight is 254 g/mol. The molecule has 1 heterocycles. The van der Waals surface area contributed by atoms with Gasteiger partial charge in [0.15, 0.2) is 0 Å². The van der Waals surface area contributed by atoms with Crippen molar-refractivity contribution >= 4 is 29.2 Å². The molecule has 1 aromatic carbocycles. The van der Waals surface area contributed by atoms with Crippen LogP contribution in [0.5, 0.6) is 0 Å². The fourth-order valence-corrected chi connectivity index (χ4v) is 1.81. The second-order valence-corrected chi connectivity index (χ2v) is 4.15. The number of hydrogen-bond donors (Lipinski definition) is 1. The minimum Gasteiger partial charge on any atom is -0.368 e. The Morgan fingerprint density at radius 2 is 2.00 bits per heavy atom. The Kier molecular flexibility index (Phi) is 2.99. The zero-order chi connectivity index (χ0) is 11.7. The highest BCUT2D eigenvalue weighted by Gasteiger charge is 2.11. The fraction of sp³-hybridized carbons (Fsp3) is 0.0909. The molecule has 0 amide bonds. The summed E-state index contributed by atoms with van der Waals surface area (Å²) in [5, 5.41) is 0.973. The van der Waals surface area contributed by atoms with E-state index in [1.54, 1.807) is 12.3 Å². The smallest absolute Gasteiger partial charge is 0.220 e. The first-order valence-electron chi connectivity index (χ1n) is 4.63. The van der Waals surface area contributed by atoms with Crippen molar-refractivity contribution in [2.75, 3.05) is 5.73 Å². The Balaban J connectivity index is 2.67. The largest absolute Gasteiger partial charge is 0.368 e. The van der Waals surface area contributed by atoms with E-state index < -0.39 is 0 Å². The predicted molar refractivity (Wildman–Crippen MR) is 66.6 cm³/mol. The van der Waals surface area contributed by atoms with Gasteiger partial charge in [0.05, 0.1) is 15.7 Å². The summed E-state index contributed by atoms with van der Waals surface area (Å²) in [6, 6.07) is 5.40. The summed E-state index contributed by atoms with van der Waals surface area (Å²) < 4.78 is 0. The van der Waals surface area contributed by atoms with E-state index in [1.807, 2.05) is 19.1 Å². The van der Waals surface area contributed by atoms with Crippen LogP contribution in [-0.2, 0) is 0 Å². The molecule has 0 bridgehead atoms. The van der Waals surface area contributed by atoms with Crippen LogP contribution >= 0.6 is 23.2 Å². The van der Waals surface area contributed by atoms with E-state index in [0.717, 1.165) is 11.1 Å². The highest BCUT2D eigenvalue weighted by molar-refractivity contribution is 6.43. The molecule has 0 aliphatic heterocycles. The molecule has 2 N–H and O–H groups in total. The molecule has 1 aromatic heterocycles. The van der Waals surface area contributed by atoms with Crippen molar-refractivity contribution in [3.63, 3.8) is 0 Å². The lowest BCUT2D eigenvalue weighted by Gasteiger charge is -2.08. The van der Waals surface area contributed by atoms with E-state index in [0.29, 0.717) is 15.7 Å². The van der Waals surface area contributed by atoms with Gasteiger partial charge in [0.25, 0.3) is 0 Å². The minimum absolute atomic E-state index is 0.219. The van der Waals surface area contributed by atoms with Crippen LogP contribution < -0.4 is 5.73 Å². The number of rotatable bonds is 1. The molecule has 0 fully saturated rings. The highest BCUT2D eigenvalue weighted by atomic mass is 35.5. The summed E-state index contributed by atoms with van der Waals surface area (Å²) in [4.78, 5) is 8.08. The lowest BCUT2D eigenvalue weighted by atomic mass is 10.1. The number of nitrogens with two attached hydrogens (primary N) is 1. The lowest BCUT2D eigenvalue weighted by Crippen LogP contribution is -1.98. The van der Waals surface area contributed by atoms with Crippen LogP contribution in [0.1, 0.15) is 5.56 Å². The molecule has 3 nitrogen and oxygen atoms in total. The average Bonchev–Trinajstić information content (AvgIpc) is 2.26. The summed E-state index contributed by atoms with van der Waals surface area (Å²) >= 11 is 12.1. The van der Waals surface area contributed by atoms with Crippen molar-refractivity contribution in [2.24, 2.45) is 0 Å². The number of hydrogen-bond acceptors (Lipinski definition) is 3. The van der Waals surface area contributed by atoms with E-state index >= 15 is 0 Å². The van der Waals surface area contributed by atoms with E-state index in [-0.39, 0.29) is 5.95 Å². The zero-order valence-corrected chi connectivity index (χ0v) is 10.0. The first-order valence-corrected chi connectivity index (χ1v) is 5.38.